The smallest absolute Gasteiger partial charge is 0.336 e. The standard InChI is InChI=1S/C17H12FNO3S/c18-11-7-5-10(6-8-11)15-14(9-20)19-16(23-15)12-3-1-2-4-13(12)17(21)22/h1-8,20H,9H2,(H,21,22). The van der Waals surface area contributed by atoms with E-state index in [1.165, 1.54) is 29.5 Å². The van der Waals surface area contributed by atoms with Crippen LogP contribution in [-0.2, 0) is 6.61 Å². The summed E-state index contributed by atoms with van der Waals surface area (Å²) in [5.74, 6) is -1.38. The molecule has 0 saturated carbocycles. The molecule has 3 aromatic rings. The Morgan fingerprint density at radius 1 is 1.13 bits per heavy atom. The van der Waals surface area contributed by atoms with Crippen LogP contribution >= 0.6 is 11.3 Å². The second kappa shape index (κ2) is 6.28. The van der Waals surface area contributed by atoms with Crippen LogP contribution in [0, 0.1) is 5.82 Å². The van der Waals surface area contributed by atoms with Gasteiger partial charge in [0.15, 0.2) is 0 Å². The molecule has 4 nitrogen and oxygen atoms in total. The largest absolute Gasteiger partial charge is 0.478 e. The van der Waals surface area contributed by atoms with Gasteiger partial charge in [-0.15, -0.1) is 11.3 Å². The molecule has 2 aromatic carbocycles. The van der Waals surface area contributed by atoms with E-state index in [0.717, 1.165) is 5.56 Å². The van der Waals surface area contributed by atoms with Gasteiger partial charge in [0.05, 0.1) is 22.7 Å². The van der Waals surface area contributed by atoms with Crippen molar-refractivity contribution in [3.8, 4) is 21.0 Å². The van der Waals surface area contributed by atoms with Gasteiger partial charge in [-0.1, -0.05) is 30.3 Å². The predicted octanol–water partition coefficient (Wildman–Crippen LogP) is 3.81. The molecule has 0 aliphatic carbocycles. The third-order valence-electron chi connectivity index (χ3n) is 3.34. The van der Waals surface area contributed by atoms with Crippen molar-refractivity contribution in [2.45, 2.75) is 6.61 Å². The molecule has 0 fully saturated rings. The average Bonchev–Trinajstić information content (AvgIpc) is 2.99. The van der Waals surface area contributed by atoms with Crippen molar-refractivity contribution in [2.75, 3.05) is 0 Å². The summed E-state index contributed by atoms with van der Waals surface area (Å²) in [5.41, 5.74) is 1.81. The number of thiazole rings is 1. The number of hydrogen-bond donors (Lipinski definition) is 2. The van der Waals surface area contributed by atoms with E-state index in [1.54, 1.807) is 30.3 Å². The Morgan fingerprint density at radius 2 is 1.83 bits per heavy atom. The molecule has 2 N–H and O–H groups in total. The monoisotopic (exact) mass is 329 g/mol. The molecule has 116 valence electrons. The van der Waals surface area contributed by atoms with Crippen LogP contribution in [-0.4, -0.2) is 21.2 Å². The number of aromatic nitrogens is 1. The molecular formula is C17H12FNO3S. The van der Waals surface area contributed by atoms with Gasteiger partial charge in [-0.2, -0.15) is 0 Å². The second-order valence-electron chi connectivity index (χ2n) is 4.81. The summed E-state index contributed by atoms with van der Waals surface area (Å²) >= 11 is 1.27. The number of hydrogen-bond acceptors (Lipinski definition) is 4. The van der Waals surface area contributed by atoms with Crippen molar-refractivity contribution in [2.24, 2.45) is 0 Å². The van der Waals surface area contributed by atoms with Crippen LogP contribution in [0.1, 0.15) is 16.1 Å². The van der Waals surface area contributed by atoms with Crippen LogP contribution < -0.4 is 0 Å². The minimum Gasteiger partial charge on any atom is -0.478 e. The van der Waals surface area contributed by atoms with E-state index < -0.39 is 5.97 Å². The fourth-order valence-corrected chi connectivity index (χ4v) is 3.38. The number of halogens is 1. The fourth-order valence-electron chi connectivity index (χ4n) is 2.26. The molecule has 0 aliphatic rings. The molecule has 23 heavy (non-hydrogen) atoms. The Kier molecular flexibility index (Phi) is 4.18. The Bertz CT molecular complexity index is 859. The van der Waals surface area contributed by atoms with E-state index in [1.807, 2.05) is 0 Å². The maximum atomic E-state index is 13.1. The second-order valence-corrected chi connectivity index (χ2v) is 5.81. The van der Waals surface area contributed by atoms with Gasteiger partial charge in [-0.25, -0.2) is 14.2 Å². The number of benzene rings is 2. The molecule has 0 unspecified atom stereocenters. The number of carbonyl (C=O) groups is 1. The lowest BCUT2D eigenvalue weighted by molar-refractivity contribution is 0.0697. The zero-order chi connectivity index (χ0) is 16.4. The molecule has 0 saturated heterocycles. The van der Waals surface area contributed by atoms with Gasteiger partial charge in [0, 0.05) is 5.56 Å². The summed E-state index contributed by atoms with van der Waals surface area (Å²) in [6.07, 6.45) is 0. The van der Waals surface area contributed by atoms with Crippen LogP contribution in [0.5, 0.6) is 0 Å². The first kappa shape index (κ1) is 15.3. The van der Waals surface area contributed by atoms with Crippen LogP contribution in [0.15, 0.2) is 48.5 Å². The molecule has 0 bridgehead atoms. The lowest BCUT2D eigenvalue weighted by Gasteiger charge is -2.01. The average molecular weight is 329 g/mol. The summed E-state index contributed by atoms with van der Waals surface area (Å²) in [7, 11) is 0. The van der Waals surface area contributed by atoms with Gasteiger partial charge in [-0.3, -0.25) is 0 Å². The normalized spacial score (nSPS) is 10.7. The van der Waals surface area contributed by atoms with E-state index in [0.29, 0.717) is 21.1 Å². The number of carboxylic acid groups (broad SMARTS) is 1. The molecule has 0 amide bonds. The molecule has 3 rings (SSSR count). The van der Waals surface area contributed by atoms with Gasteiger partial charge in [-0.05, 0) is 23.8 Å². The van der Waals surface area contributed by atoms with Crippen LogP contribution in [0.25, 0.3) is 21.0 Å². The molecule has 1 aromatic heterocycles. The minimum atomic E-state index is -1.04. The van der Waals surface area contributed by atoms with Crippen LogP contribution in [0.3, 0.4) is 0 Å². The summed E-state index contributed by atoms with van der Waals surface area (Å²) < 4.78 is 13.1. The molecule has 0 aliphatic heterocycles. The lowest BCUT2D eigenvalue weighted by Crippen LogP contribution is -1.98. The van der Waals surface area contributed by atoms with E-state index >= 15 is 0 Å². The zero-order valence-electron chi connectivity index (χ0n) is 11.9. The highest BCUT2D eigenvalue weighted by Crippen LogP contribution is 2.36. The quantitative estimate of drug-likeness (QED) is 0.764. The molecular weight excluding hydrogens is 317 g/mol. The molecule has 1 heterocycles. The number of aliphatic hydroxyl groups excluding tert-OH is 1. The van der Waals surface area contributed by atoms with Crippen LogP contribution in [0.2, 0.25) is 0 Å². The number of rotatable bonds is 4. The van der Waals surface area contributed by atoms with Gasteiger partial charge in [0.25, 0.3) is 0 Å². The summed E-state index contributed by atoms with van der Waals surface area (Å²) in [4.78, 5) is 16.4. The third kappa shape index (κ3) is 2.99. The Labute approximate surface area is 135 Å². The maximum absolute atomic E-state index is 13.1. The summed E-state index contributed by atoms with van der Waals surface area (Å²) in [5, 5.41) is 19.3. The number of carboxylic acids is 1. The summed E-state index contributed by atoms with van der Waals surface area (Å²) in [6, 6.07) is 12.5. The van der Waals surface area contributed by atoms with Gasteiger partial charge < -0.3 is 10.2 Å². The highest BCUT2D eigenvalue weighted by molar-refractivity contribution is 7.18. The van der Waals surface area contributed by atoms with Gasteiger partial charge in [0.1, 0.15) is 10.8 Å². The molecule has 0 spiro atoms. The molecule has 6 heteroatoms. The number of aromatic carboxylic acids is 1. The van der Waals surface area contributed by atoms with E-state index in [-0.39, 0.29) is 18.0 Å². The first-order valence-electron chi connectivity index (χ1n) is 6.79. The fraction of sp³-hybridized carbons (Fsp3) is 0.0588. The van der Waals surface area contributed by atoms with E-state index in [2.05, 4.69) is 4.98 Å². The van der Waals surface area contributed by atoms with Gasteiger partial charge >= 0.3 is 5.97 Å². The van der Waals surface area contributed by atoms with Crippen molar-refractivity contribution in [3.05, 3.63) is 65.6 Å². The zero-order valence-corrected chi connectivity index (χ0v) is 12.7. The Balaban J connectivity index is 2.13. The van der Waals surface area contributed by atoms with Crippen molar-refractivity contribution in [1.82, 2.24) is 4.98 Å². The SMILES string of the molecule is O=C(O)c1ccccc1-c1nc(CO)c(-c2ccc(F)cc2)s1. The van der Waals surface area contributed by atoms with E-state index in [9.17, 15) is 19.4 Å². The van der Waals surface area contributed by atoms with Crippen molar-refractivity contribution in [1.29, 1.82) is 0 Å². The van der Waals surface area contributed by atoms with Crippen LogP contribution in [0.4, 0.5) is 4.39 Å². The lowest BCUT2D eigenvalue weighted by atomic mass is 10.1. The van der Waals surface area contributed by atoms with Crippen molar-refractivity contribution >= 4 is 17.3 Å². The number of nitrogens with zero attached hydrogens (tertiary/aromatic N) is 1. The molecule has 0 atom stereocenters. The summed E-state index contributed by atoms with van der Waals surface area (Å²) in [6.45, 7) is -0.279. The maximum Gasteiger partial charge on any atom is 0.336 e. The molecule has 0 radical (unpaired) electrons. The predicted molar refractivity (Wildman–Crippen MR) is 85.8 cm³/mol. The van der Waals surface area contributed by atoms with E-state index in [4.69, 9.17) is 0 Å². The van der Waals surface area contributed by atoms with Crippen molar-refractivity contribution in [3.63, 3.8) is 0 Å². The van der Waals surface area contributed by atoms with Gasteiger partial charge in [0.2, 0.25) is 0 Å². The van der Waals surface area contributed by atoms with Crippen molar-refractivity contribution < 1.29 is 19.4 Å². The Hall–Kier alpha value is -2.57. The minimum absolute atomic E-state index is 0.149. The Morgan fingerprint density at radius 3 is 2.48 bits per heavy atom. The number of aliphatic hydroxyl groups is 1. The highest BCUT2D eigenvalue weighted by Gasteiger charge is 2.18. The third-order valence-corrected chi connectivity index (χ3v) is 4.52. The topological polar surface area (TPSA) is 70.4 Å². The first-order valence-corrected chi connectivity index (χ1v) is 7.61. The highest BCUT2D eigenvalue weighted by atomic mass is 32.1. The first-order chi connectivity index (χ1) is 11.1.